The number of anilines is 1. The second-order valence-electron chi connectivity index (χ2n) is 19.1. The summed E-state index contributed by atoms with van der Waals surface area (Å²) < 4.78 is 13.6. The van der Waals surface area contributed by atoms with Crippen molar-refractivity contribution < 1.29 is 24.2 Å². The number of carbonyl (C=O) groups is 2. The fourth-order valence-corrected chi connectivity index (χ4v) is 12.1. The van der Waals surface area contributed by atoms with Gasteiger partial charge in [-0.3, -0.25) is 14.9 Å². The predicted molar refractivity (Wildman–Crippen MR) is 192 cm³/mol. The fraction of sp³-hybridized carbons (Fsp3) is 0.872. The summed E-state index contributed by atoms with van der Waals surface area (Å²) in [5.41, 5.74) is 6.16. The Balaban J connectivity index is 1.45. The van der Waals surface area contributed by atoms with Gasteiger partial charge in [0.05, 0.1) is 31.8 Å². The normalized spacial score (nSPS) is 42.8. The van der Waals surface area contributed by atoms with Crippen LogP contribution in [0.1, 0.15) is 121 Å². The van der Waals surface area contributed by atoms with Gasteiger partial charge in [-0.2, -0.15) is 4.80 Å². The van der Waals surface area contributed by atoms with Crippen LogP contribution in [0.15, 0.2) is 11.6 Å². The third-order valence-electron chi connectivity index (χ3n) is 16.0. The predicted octanol–water partition coefficient (Wildman–Crippen LogP) is 6.52. The molecule has 11 nitrogen and oxygen atoms in total. The van der Waals surface area contributed by atoms with E-state index in [1.807, 2.05) is 6.92 Å². The Bertz CT molecular complexity index is 1520. The molecule has 4 aliphatic carbocycles. The Morgan fingerprint density at radius 3 is 2.44 bits per heavy atom. The quantitative estimate of drug-likeness (QED) is 0.245. The summed E-state index contributed by atoms with van der Waals surface area (Å²) in [7, 11) is 0. The average Bonchev–Trinajstić information content (AvgIpc) is 3.47. The molecule has 50 heavy (non-hydrogen) atoms. The Labute approximate surface area is 299 Å². The van der Waals surface area contributed by atoms with Crippen molar-refractivity contribution in [1.82, 2.24) is 20.2 Å². The van der Waals surface area contributed by atoms with Crippen LogP contribution in [0.25, 0.3) is 0 Å². The molecule has 280 valence electrons. The zero-order chi connectivity index (χ0) is 36.8. The highest BCUT2D eigenvalue weighted by atomic mass is 16.5. The van der Waals surface area contributed by atoms with Gasteiger partial charge < -0.3 is 20.3 Å². The molecular weight excluding hydrogens is 632 g/mol. The van der Waals surface area contributed by atoms with Crippen LogP contribution >= 0.6 is 0 Å². The van der Waals surface area contributed by atoms with Crippen molar-refractivity contribution in [3.63, 3.8) is 0 Å². The highest BCUT2D eigenvalue weighted by Gasteiger charge is 2.72. The SMILES string of the molecule is CC(=O)Nc1nnn([C@@H]2C[C@@]34COCC(C)([C@H]2OC[C@](C)(N)C(C)C)[C@@H]3CC[C@H]2C4=CC[C@@]3(C)[C@H](C(=O)O)[C@@](C)([C@H](C)C(C)C)CC[C@]23C)n1. The van der Waals surface area contributed by atoms with Crippen LogP contribution in [0.5, 0.6) is 0 Å². The molecule has 12 atom stereocenters. The largest absolute Gasteiger partial charge is 0.481 e. The lowest BCUT2D eigenvalue weighted by atomic mass is 9.34. The second kappa shape index (κ2) is 12.4. The first-order valence-electron chi connectivity index (χ1n) is 19.2. The number of nitrogens with two attached hydrogens (primary N) is 1. The van der Waals surface area contributed by atoms with Gasteiger partial charge in [0.15, 0.2) is 0 Å². The minimum atomic E-state index is -0.649. The summed E-state index contributed by atoms with van der Waals surface area (Å²) in [6.45, 7) is 25.3. The molecule has 1 unspecified atom stereocenters. The molecule has 6 rings (SSSR count). The van der Waals surface area contributed by atoms with Crippen molar-refractivity contribution in [1.29, 1.82) is 0 Å². The number of allylic oxidation sites excluding steroid dienone is 1. The molecular formula is C39H64N6O5. The number of ether oxygens (including phenoxy) is 2. The van der Waals surface area contributed by atoms with Crippen molar-refractivity contribution >= 4 is 17.8 Å². The van der Waals surface area contributed by atoms with E-state index < -0.39 is 22.8 Å². The first kappa shape index (κ1) is 37.4. The topological polar surface area (TPSA) is 154 Å². The smallest absolute Gasteiger partial charge is 0.307 e. The summed E-state index contributed by atoms with van der Waals surface area (Å²) in [6, 6.07) is -0.271. The standard InChI is InChI=1S/C39H64N6O5/c1-22(2)24(5)34(7)16-17-36(9)26-12-13-29-35(8)19-49-21-39(29,27(26)14-15-37(36,10)30(34)32(47)48)18-28(31(35)50-20-38(11,40)23(3)4)45-43-33(42-44-45)41-25(6)46/h14,22-24,26,28-31H,12-13,15-21,40H2,1-11H3,(H,47,48)(H,41,43,46)/t24-,26+,28-,29+,30-,31+,34-,35?,36-,37+,38+,39+/m1/s1. The molecule has 1 amide bonds. The van der Waals surface area contributed by atoms with Crippen LogP contribution in [0.2, 0.25) is 0 Å². The Morgan fingerprint density at radius 2 is 1.82 bits per heavy atom. The number of hydrogen-bond acceptors (Lipinski definition) is 8. The van der Waals surface area contributed by atoms with Gasteiger partial charge in [-0.15, -0.1) is 5.10 Å². The van der Waals surface area contributed by atoms with Gasteiger partial charge in [-0.25, -0.2) is 0 Å². The average molecular weight is 697 g/mol. The van der Waals surface area contributed by atoms with Crippen LogP contribution in [-0.4, -0.2) is 68.7 Å². The van der Waals surface area contributed by atoms with E-state index in [1.54, 1.807) is 4.80 Å². The number of nitrogens with one attached hydrogen (secondary N) is 1. The van der Waals surface area contributed by atoms with Gasteiger partial charge in [-0.05, 0) is 96.5 Å². The molecule has 4 N–H and O–H groups in total. The van der Waals surface area contributed by atoms with Crippen LogP contribution in [0.4, 0.5) is 5.95 Å². The van der Waals surface area contributed by atoms with Gasteiger partial charge >= 0.3 is 5.97 Å². The zero-order valence-corrected chi connectivity index (χ0v) is 32.5. The summed E-state index contributed by atoms with van der Waals surface area (Å²) in [5.74, 6) is 0.278. The van der Waals surface area contributed by atoms with E-state index in [2.05, 4.69) is 84.0 Å². The number of aliphatic carboxylic acids is 1. The summed E-state index contributed by atoms with van der Waals surface area (Å²) in [5, 5.41) is 27.2. The third-order valence-corrected chi connectivity index (χ3v) is 16.0. The maximum atomic E-state index is 13.5. The number of carboxylic acid groups (broad SMARTS) is 1. The van der Waals surface area contributed by atoms with E-state index >= 15 is 0 Å². The maximum Gasteiger partial charge on any atom is 0.307 e. The summed E-state index contributed by atoms with van der Waals surface area (Å²) >= 11 is 0. The highest BCUT2D eigenvalue weighted by molar-refractivity contribution is 5.86. The number of fused-ring (bicyclic) bond motifs is 3. The fourth-order valence-electron chi connectivity index (χ4n) is 12.1. The molecule has 2 heterocycles. The lowest BCUT2D eigenvalue weighted by Gasteiger charge is -2.71. The second-order valence-corrected chi connectivity index (χ2v) is 19.1. The number of hydrogen-bond donors (Lipinski definition) is 3. The first-order valence-corrected chi connectivity index (χ1v) is 19.2. The molecule has 1 aliphatic heterocycles. The van der Waals surface area contributed by atoms with Crippen LogP contribution in [-0.2, 0) is 19.1 Å². The molecule has 1 saturated heterocycles. The van der Waals surface area contributed by atoms with Crippen molar-refractivity contribution in [3.05, 3.63) is 11.6 Å². The van der Waals surface area contributed by atoms with E-state index in [-0.39, 0.29) is 63.4 Å². The maximum absolute atomic E-state index is 13.5. The van der Waals surface area contributed by atoms with E-state index in [0.29, 0.717) is 38.1 Å². The van der Waals surface area contributed by atoms with Crippen molar-refractivity contribution in [2.24, 2.45) is 68.3 Å². The van der Waals surface area contributed by atoms with E-state index in [9.17, 15) is 14.7 Å². The molecule has 5 aliphatic rings. The molecule has 4 fully saturated rings. The lowest BCUT2D eigenvalue weighted by molar-refractivity contribution is -0.253. The minimum Gasteiger partial charge on any atom is -0.481 e. The van der Waals surface area contributed by atoms with Gasteiger partial charge in [0.2, 0.25) is 5.91 Å². The van der Waals surface area contributed by atoms with Crippen molar-refractivity contribution in [2.45, 2.75) is 132 Å². The van der Waals surface area contributed by atoms with Crippen molar-refractivity contribution in [3.8, 4) is 0 Å². The first-order chi connectivity index (χ1) is 23.2. The number of amides is 1. The third kappa shape index (κ3) is 5.33. The number of carbonyl (C=O) groups excluding carboxylic acids is 1. The monoisotopic (exact) mass is 696 g/mol. The minimum absolute atomic E-state index is 0.176. The number of nitrogens with zero attached hydrogens (tertiary/aromatic N) is 4. The van der Waals surface area contributed by atoms with Crippen molar-refractivity contribution in [2.75, 3.05) is 25.1 Å². The number of aromatic nitrogens is 4. The number of rotatable bonds is 9. The van der Waals surface area contributed by atoms with Gasteiger partial charge in [0.25, 0.3) is 5.95 Å². The zero-order valence-electron chi connectivity index (χ0n) is 32.5. The number of tetrazole rings is 1. The van der Waals surface area contributed by atoms with Gasteiger partial charge in [0, 0.05) is 23.3 Å². The summed E-state index contributed by atoms with van der Waals surface area (Å²) in [6.07, 6.45) is 7.55. The molecule has 1 aromatic rings. The van der Waals surface area contributed by atoms with E-state index in [0.717, 1.165) is 32.1 Å². The van der Waals surface area contributed by atoms with Crippen LogP contribution < -0.4 is 11.1 Å². The molecule has 3 saturated carbocycles. The molecule has 2 bridgehead atoms. The Kier molecular flexibility index (Phi) is 9.24. The van der Waals surface area contributed by atoms with E-state index in [1.165, 1.54) is 12.5 Å². The van der Waals surface area contributed by atoms with Crippen LogP contribution in [0.3, 0.4) is 0 Å². The molecule has 1 aromatic heterocycles. The molecule has 0 spiro atoms. The Morgan fingerprint density at radius 1 is 1.12 bits per heavy atom. The van der Waals surface area contributed by atoms with E-state index in [4.69, 9.17) is 20.3 Å². The Hall–Kier alpha value is -2.37. The summed E-state index contributed by atoms with van der Waals surface area (Å²) in [4.78, 5) is 27.0. The van der Waals surface area contributed by atoms with Gasteiger partial charge in [0.1, 0.15) is 6.04 Å². The number of carboxylic acids is 1. The molecule has 11 heteroatoms. The molecule has 0 radical (unpaired) electrons. The van der Waals surface area contributed by atoms with Gasteiger partial charge in [-0.1, -0.05) is 79.1 Å². The lowest BCUT2D eigenvalue weighted by Crippen LogP contribution is -2.69. The van der Waals surface area contributed by atoms with Crippen LogP contribution in [0, 0.1) is 62.6 Å². The molecule has 0 aromatic carbocycles. The highest BCUT2D eigenvalue weighted by Crippen LogP contribution is 2.75.